The molecule has 1 aliphatic carbocycles. The molecule has 0 aromatic rings. The first-order valence-electron chi connectivity index (χ1n) is 5.34. The molecule has 0 heterocycles. The van der Waals surface area contributed by atoms with Gasteiger partial charge < -0.3 is 10.6 Å². The van der Waals surface area contributed by atoms with Gasteiger partial charge >= 0.3 is 0 Å². The molecule has 1 fully saturated rings. The summed E-state index contributed by atoms with van der Waals surface area (Å²) in [6.07, 6.45) is 5.69. The van der Waals surface area contributed by atoms with Crippen molar-refractivity contribution < 1.29 is 4.79 Å². The Morgan fingerprint density at radius 3 is 2.93 bits per heavy atom. The molecule has 0 bridgehead atoms. The summed E-state index contributed by atoms with van der Waals surface area (Å²) in [5, 5.41) is 6.07. The molecule has 0 aromatic heterocycles. The molecule has 0 aromatic carbocycles. The molecule has 0 radical (unpaired) electrons. The zero-order valence-corrected chi connectivity index (χ0v) is 8.88. The Morgan fingerprint density at radius 1 is 1.57 bits per heavy atom. The predicted molar refractivity (Wildman–Crippen MR) is 58.0 cm³/mol. The fourth-order valence-corrected chi connectivity index (χ4v) is 1.51. The van der Waals surface area contributed by atoms with E-state index in [1.807, 2.05) is 13.1 Å². The molecule has 2 atom stereocenters. The van der Waals surface area contributed by atoms with Crippen LogP contribution in [0, 0.1) is 5.92 Å². The van der Waals surface area contributed by atoms with E-state index in [1.165, 1.54) is 0 Å². The van der Waals surface area contributed by atoms with Crippen LogP contribution >= 0.6 is 0 Å². The van der Waals surface area contributed by atoms with Gasteiger partial charge in [0.05, 0.1) is 0 Å². The number of carbonyl (C=O) groups excluding carboxylic acids is 1. The van der Waals surface area contributed by atoms with Gasteiger partial charge in [-0.1, -0.05) is 6.08 Å². The fraction of sp³-hybridized carbons (Fsp3) is 0.727. The maximum Gasteiger partial charge on any atom is 0.220 e. The first-order valence-corrected chi connectivity index (χ1v) is 5.34. The molecular weight excluding hydrogens is 176 g/mol. The lowest BCUT2D eigenvalue weighted by Crippen LogP contribution is -2.26. The number of carbonyl (C=O) groups is 1. The van der Waals surface area contributed by atoms with E-state index in [-0.39, 0.29) is 5.91 Å². The third-order valence-corrected chi connectivity index (χ3v) is 2.57. The molecule has 14 heavy (non-hydrogen) atoms. The van der Waals surface area contributed by atoms with E-state index in [1.54, 1.807) is 0 Å². The molecule has 3 nitrogen and oxygen atoms in total. The molecule has 2 N–H and O–H groups in total. The van der Waals surface area contributed by atoms with Crippen LogP contribution in [0.25, 0.3) is 0 Å². The van der Waals surface area contributed by atoms with Crippen LogP contribution < -0.4 is 10.6 Å². The number of nitrogens with one attached hydrogen (secondary N) is 2. The Kier molecular flexibility index (Phi) is 4.66. The molecule has 0 aliphatic heterocycles. The van der Waals surface area contributed by atoms with Gasteiger partial charge in [0.1, 0.15) is 0 Å². The molecule has 1 amide bonds. The van der Waals surface area contributed by atoms with E-state index >= 15 is 0 Å². The first kappa shape index (κ1) is 11.2. The van der Waals surface area contributed by atoms with Crippen molar-refractivity contribution in [2.45, 2.75) is 31.7 Å². The third kappa shape index (κ3) is 3.92. The van der Waals surface area contributed by atoms with E-state index in [2.05, 4.69) is 17.2 Å². The van der Waals surface area contributed by atoms with Crippen LogP contribution in [0.1, 0.15) is 25.7 Å². The zero-order valence-electron chi connectivity index (χ0n) is 8.88. The molecule has 0 saturated heterocycles. The largest absolute Gasteiger partial charge is 0.353 e. The molecule has 1 unspecified atom stereocenters. The van der Waals surface area contributed by atoms with Crippen LogP contribution in [0.3, 0.4) is 0 Å². The Labute approximate surface area is 86.0 Å². The first-order chi connectivity index (χ1) is 6.77. The second-order valence-corrected chi connectivity index (χ2v) is 3.87. The average molecular weight is 196 g/mol. The SMILES string of the molecule is C=C[C@@H]1CC1NC(=O)CCCCNC. The second kappa shape index (κ2) is 5.81. The van der Waals surface area contributed by atoms with E-state index in [0.717, 1.165) is 25.8 Å². The molecule has 1 rings (SSSR count). The summed E-state index contributed by atoms with van der Waals surface area (Å²) in [4.78, 5) is 11.4. The van der Waals surface area contributed by atoms with Gasteiger partial charge in [-0.25, -0.2) is 0 Å². The Balaban J connectivity index is 1.97. The summed E-state index contributed by atoms with van der Waals surface area (Å²) < 4.78 is 0. The summed E-state index contributed by atoms with van der Waals surface area (Å²) in [6, 6.07) is 0.379. The fourth-order valence-electron chi connectivity index (χ4n) is 1.51. The number of rotatable bonds is 7. The van der Waals surface area contributed by atoms with Crippen LogP contribution in [-0.4, -0.2) is 25.5 Å². The van der Waals surface area contributed by atoms with Gasteiger partial charge in [0.2, 0.25) is 5.91 Å². The van der Waals surface area contributed by atoms with Crippen molar-refractivity contribution in [2.75, 3.05) is 13.6 Å². The molecule has 3 heteroatoms. The summed E-state index contributed by atoms with van der Waals surface area (Å²) in [5.74, 6) is 0.715. The minimum Gasteiger partial charge on any atom is -0.353 e. The lowest BCUT2D eigenvalue weighted by atomic mass is 10.2. The van der Waals surface area contributed by atoms with Crippen LogP contribution in [0.15, 0.2) is 12.7 Å². The summed E-state index contributed by atoms with van der Waals surface area (Å²) in [7, 11) is 1.93. The van der Waals surface area contributed by atoms with Crippen molar-refractivity contribution in [1.82, 2.24) is 10.6 Å². The number of unbranched alkanes of at least 4 members (excludes halogenated alkanes) is 1. The minimum atomic E-state index is 0.190. The maximum atomic E-state index is 11.4. The van der Waals surface area contributed by atoms with Gasteiger partial charge in [0.25, 0.3) is 0 Å². The standard InChI is InChI=1S/C11H20N2O/c1-3-9-8-10(9)13-11(14)6-4-5-7-12-2/h3,9-10,12H,1,4-8H2,2H3,(H,13,14)/t9-,10?/m1/s1. The van der Waals surface area contributed by atoms with Gasteiger partial charge in [0, 0.05) is 12.5 Å². The van der Waals surface area contributed by atoms with Gasteiger partial charge in [-0.05, 0) is 38.8 Å². The van der Waals surface area contributed by atoms with Crippen LogP contribution in [0.4, 0.5) is 0 Å². The summed E-state index contributed by atoms with van der Waals surface area (Å²) in [6.45, 7) is 4.70. The Morgan fingerprint density at radius 2 is 2.36 bits per heavy atom. The Bertz CT molecular complexity index is 203. The summed E-state index contributed by atoms with van der Waals surface area (Å²) in [5.41, 5.74) is 0. The molecular formula is C11H20N2O. The van der Waals surface area contributed by atoms with Crippen molar-refractivity contribution in [2.24, 2.45) is 5.92 Å². The highest BCUT2D eigenvalue weighted by atomic mass is 16.1. The van der Waals surface area contributed by atoms with Crippen molar-refractivity contribution in [3.8, 4) is 0 Å². The molecule has 80 valence electrons. The topological polar surface area (TPSA) is 41.1 Å². The lowest BCUT2D eigenvalue weighted by molar-refractivity contribution is -0.121. The number of amides is 1. The van der Waals surface area contributed by atoms with Crippen LogP contribution in [0.2, 0.25) is 0 Å². The molecule has 0 spiro atoms. The smallest absolute Gasteiger partial charge is 0.220 e. The van der Waals surface area contributed by atoms with Crippen molar-refractivity contribution in [3.63, 3.8) is 0 Å². The van der Waals surface area contributed by atoms with Crippen LogP contribution in [0.5, 0.6) is 0 Å². The average Bonchev–Trinajstić information content (AvgIpc) is 2.91. The van der Waals surface area contributed by atoms with Crippen molar-refractivity contribution in [3.05, 3.63) is 12.7 Å². The number of hydrogen-bond donors (Lipinski definition) is 2. The lowest BCUT2D eigenvalue weighted by Gasteiger charge is -2.03. The number of hydrogen-bond acceptors (Lipinski definition) is 2. The maximum absolute atomic E-state index is 11.4. The van der Waals surface area contributed by atoms with E-state index in [9.17, 15) is 4.79 Å². The predicted octanol–water partition coefficient (Wildman–Crippen LogP) is 1.07. The van der Waals surface area contributed by atoms with Crippen molar-refractivity contribution in [1.29, 1.82) is 0 Å². The van der Waals surface area contributed by atoms with Gasteiger partial charge in [-0.2, -0.15) is 0 Å². The zero-order chi connectivity index (χ0) is 10.4. The molecule has 1 saturated carbocycles. The van der Waals surface area contributed by atoms with E-state index in [4.69, 9.17) is 0 Å². The van der Waals surface area contributed by atoms with Gasteiger partial charge in [-0.15, -0.1) is 6.58 Å². The normalized spacial score (nSPS) is 24.4. The monoisotopic (exact) mass is 196 g/mol. The van der Waals surface area contributed by atoms with Gasteiger partial charge in [-0.3, -0.25) is 4.79 Å². The highest BCUT2D eigenvalue weighted by Gasteiger charge is 2.35. The third-order valence-electron chi connectivity index (χ3n) is 2.57. The highest BCUT2D eigenvalue weighted by Crippen LogP contribution is 2.30. The minimum absolute atomic E-state index is 0.190. The van der Waals surface area contributed by atoms with Gasteiger partial charge in [0.15, 0.2) is 0 Å². The quantitative estimate of drug-likeness (QED) is 0.472. The van der Waals surface area contributed by atoms with E-state index in [0.29, 0.717) is 18.4 Å². The molecule has 1 aliphatic rings. The van der Waals surface area contributed by atoms with Crippen molar-refractivity contribution >= 4 is 5.91 Å². The second-order valence-electron chi connectivity index (χ2n) is 3.87. The highest BCUT2D eigenvalue weighted by molar-refractivity contribution is 5.76. The van der Waals surface area contributed by atoms with Crippen LogP contribution in [-0.2, 0) is 4.79 Å². The Hall–Kier alpha value is -0.830. The summed E-state index contributed by atoms with van der Waals surface area (Å²) >= 11 is 0. The van der Waals surface area contributed by atoms with E-state index < -0.39 is 0 Å².